The van der Waals surface area contributed by atoms with Crippen LogP contribution in [-0.2, 0) is 20.9 Å². The van der Waals surface area contributed by atoms with Crippen LogP contribution >= 0.6 is 0 Å². The monoisotopic (exact) mass is 517 g/mol. The summed E-state index contributed by atoms with van der Waals surface area (Å²) in [5.74, 6) is -0.639. The molecular formula is C28H28FN5O4. The maximum absolute atomic E-state index is 14.0. The van der Waals surface area contributed by atoms with E-state index in [2.05, 4.69) is 15.6 Å². The third kappa shape index (κ3) is 5.50. The number of nitrogens with zero attached hydrogens (tertiary/aromatic N) is 4. The molecule has 1 N–H and O–H groups in total. The fraction of sp³-hybridized carbons (Fsp3) is 0.286. The lowest BCUT2D eigenvalue weighted by Gasteiger charge is -2.32. The second-order valence-electron chi connectivity index (χ2n) is 9.03. The number of fused-ring (bicyclic) bond motifs is 1. The molecule has 2 unspecified atom stereocenters. The Morgan fingerprint density at radius 3 is 2.61 bits per heavy atom. The zero-order chi connectivity index (χ0) is 26.5. The van der Waals surface area contributed by atoms with E-state index in [9.17, 15) is 14.0 Å². The zero-order valence-corrected chi connectivity index (χ0v) is 20.9. The number of hydrogen-bond acceptors (Lipinski definition) is 6. The van der Waals surface area contributed by atoms with Crippen LogP contribution in [0.5, 0.6) is 5.75 Å². The average molecular weight is 518 g/mol. The zero-order valence-electron chi connectivity index (χ0n) is 20.9. The van der Waals surface area contributed by atoms with Crippen molar-refractivity contribution in [3.63, 3.8) is 0 Å². The van der Waals surface area contributed by atoms with Crippen molar-refractivity contribution in [3.05, 3.63) is 84.2 Å². The van der Waals surface area contributed by atoms with Crippen LogP contribution in [0.3, 0.4) is 0 Å². The molecule has 1 aliphatic rings. The number of ether oxygens (including phenoxy) is 2. The number of carbonyl (C=O) groups is 2. The highest BCUT2D eigenvalue weighted by Crippen LogP contribution is 2.30. The van der Waals surface area contributed by atoms with E-state index in [1.165, 1.54) is 33.8 Å². The third-order valence-electron chi connectivity index (χ3n) is 6.54. The Hall–Kier alpha value is -4.31. The first-order chi connectivity index (χ1) is 18.5. The van der Waals surface area contributed by atoms with E-state index in [0.29, 0.717) is 41.2 Å². The Kier molecular flexibility index (Phi) is 7.60. The number of methoxy groups -OCH3 is 1. The van der Waals surface area contributed by atoms with Crippen molar-refractivity contribution in [1.82, 2.24) is 20.3 Å². The lowest BCUT2D eigenvalue weighted by molar-refractivity contribution is -0.127. The molecule has 196 valence electrons. The van der Waals surface area contributed by atoms with Crippen LogP contribution in [0.1, 0.15) is 24.4 Å². The quantitative estimate of drug-likeness (QED) is 0.364. The van der Waals surface area contributed by atoms with Gasteiger partial charge in [-0.05, 0) is 66.9 Å². The summed E-state index contributed by atoms with van der Waals surface area (Å²) in [6.07, 6.45) is 1.70. The van der Waals surface area contributed by atoms with E-state index in [-0.39, 0.29) is 12.6 Å². The number of halogens is 1. The SMILES string of the molecule is COc1ccc(N(C(=O)Cn2nnc3ccccc32)C(C(=O)NCC2CCCO2)c2ccc(F)cc2)cc1. The van der Waals surface area contributed by atoms with E-state index in [0.717, 1.165) is 12.8 Å². The van der Waals surface area contributed by atoms with E-state index >= 15 is 0 Å². The highest BCUT2D eigenvalue weighted by molar-refractivity contribution is 6.01. The summed E-state index contributed by atoms with van der Waals surface area (Å²) in [7, 11) is 1.55. The van der Waals surface area contributed by atoms with Crippen LogP contribution in [0.2, 0.25) is 0 Å². The van der Waals surface area contributed by atoms with Crippen molar-refractivity contribution in [2.45, 2.75) is 31.5 Å². The number of hydrogen-bond donors (Lipinski definition) is 1. The second kappa shape index (κ2) is 11.4. The Bertz CT molecular complexity index is 1400. The van der Waals surface area contributed by atoms with E-state index in [1.54, 1.807) is 31.4 Å². The summed E-state index contributed by atoms with van der Waals surface area (Å²) in [5.41, 5.74) is 2.28. The number of benzene rings is 3. The van der Waals surface area contributed by atoms with Crippen molar-refractivity contribution in [2.24, 2.45) is 0 Å². The van der Waals surface area contributed by atoms with Gasteiger partial charge in [-0.2, -0.15) is 0 Å². The van der Waals surface area contributed by atoms with Crippen molar-refractivity contribution in [2.75, 3.05) is 25.2 Å². The van der Waals surface area contributed by atoms with E-state index in [4.69, 9.17) is 9.47 Å². The predicted molar refractivity (Wildman–Crippen MR) is 139 cm³/mol. The molecule has 1 aliphatic heterocycles. The van der Waals surface area contributed by atoms with Crippen LogP contribution < -0.4 is 15.0 Å². The summed E-state index contributed by atoms with van der Waals surface area (Å²) in [5, 5.41) is 11.2. The average Bonchev–Trinajstić information content (AvgIpc) is 3.61. The summed E-state index contributed by atoms with van der Waals surface area (Å²) in [4.78, 5) is 29.1. The molecule has 0 saturated carbocycles. The van der Waals surface area contributed by atoms with E-state index in [1.807, 2.05) is 24.3 Å². The predicted octanol–water partition coefficient (Wildman–Crippen LogP) is 3.65. The van der Waals surface area contributed by atoms with Crippen LogP contribution in [0.4, 0.5) is 10.1 Å². The first kappa shape index (κ1) is 25.3. The largest absolute Gasteiger partial charge is 0.497 e. The van der Waals surface area contributed by atoms with Gasteiger partial charge in [0.15, 0.2) is 0 Å². The summed E-state index contributed by atoms with van der Waals surface area (Å²) in [6, 6.07) is 18.7. The molecule has 2 amide bonds. The lowest BCUT2D eigenvalue weighted by atomic mass is 10.0. The number of aromatic nitrogens is 3. The van der Waals surface area contributed by atoms with Crippen molar-refractivity contribution < 1.29 is 23.5 Å². The maximum atomic E-state index is 14.0. The maximum Gasteiger partial charge on any atom is 0.249 e. The highest BCUT2D eigenvalue weighted by atomic mass is 19.1. The molecule has 4 aromatic rings. The van der Waals surface area contributed by atoms with Gasteiger partial charge in [0.1, 0.15) is 29.7 Å². The molecule has 10 heteroatoms. The van der Waals surface area contributed by atoms with Gasteiger partial charge in [-0.3, -0.25) is 14.5 Å². The highest BCUT2D eigenvalue weighted by Gasteiger charge is 2.34. The molecule has 38 heavy (non-hydrogen) atoms. The van der Waals surface area contributed by atoms with Crippen LogP contribution in [-0.4, -0.2) is 53.2 Å². The fourth-order valence-electron chi connectivity index (χ4n) is 4.60. The Labute approximate surface area is 219 Å². The molecule has 1 aromatic heterocycles. The minimum Gasteiger partial charge on any atom is -0.497 e. The topological polar surface area (TPSA) is 98.6 Å². The summed E-state index contributed by atoms with van der Waals surface area (Å²) < 4.78 is 26.3. The molecule has 5 rings (SSSR count). The molecule has 0 aliphatic carbocycles. The van der Waals surface area contributed by atoms with Crippen LogP contribution in [0.25, 0.3) is 11.0 Å². The Balaban J connectivity index is 1.53. The lowest BCUT2D eigenvalue weighted by Crippen LogP contribution is -2.46. The minimum absolute atomic E-state index is 0.0838. The number of nitrogens with one attached hydrogen (secondary N) is 1. The van der Waals surface area contributed by atoms with Gasteiger partial charge < -0.3 is 14.8 Å². The van der Waals surface area contributed by atoms with Gasteiger partial charge in [0.2, 0.25) is 11.8 Å². The number of anilines is 1. The molecule has 1 fully saturated rings. The van der Waals surface area contributed by atoms with Gasteiger partial charge >= 0.3 is 0 Å². The second-order valence-corrected chi connectivity index (χ2v) is 9.03. The summed E-state index contributed by atoms with van der Waals surface area (Å²) >= 11 is 0. The van der Waals surface area contributed by atoms with Gasteiger partial charge in [-0.15, -0.1) is 5.10 Å². The van der Waals surface area contributed by atoms with Crippen molar-refractivity contribution in [1.29, 1.82) is 0 Å². The molecule has 0 spiro atoms. The fourth-order valence-corrected chi connectivity index (χ4v) is 4.60. The Morgan fingerprint density at radius 1 is 1.13 bits per heavy atom. The van der Waals surface area contributed by atoms with Gasteiger partial charge in [0.25, 0.3) is 0 Å². The number of rotatable bonds is 9. The first-order valence-electron chi connectivity index (χ1n) is 12.4. The van der Waals surface area contributed by atoms with Crippen molar-refractivity contribution >= 4 is 28.5 Å². The standard InChI is InChI=1S/C28H28FN5O4/c1-37-22-14-12-21(13-15-22)34(26(35)18-33-25-7-3-2-6-24(25)31-32-33)27(19-8-10-20(29)11-9-19)28(36)30-17-23-5-4-16-38-23/h2-3,6-15,23,27H,4-5,16-18H2,1H3,(H,30,36). The molecular weight excluding hydrogens is 489 g/mol. The minimum atomic E-state index is -1.08. The van der Waals surface area contributed by atoms with Gasteiger partial charge in [-0.1, -0.05) is 29.5 Å². The smallest absolute Gasteiger partial charge is 0.249 e. The number of amides is 2. The normalized spacial score (nSPS) is 15.8. The number of carbonyl (C=O) groups excluding carboxylic acids is 2. The van der Waals surface area contributed by atoms with Gasteiger partial charge in [-0.25, -0.2) is 9.07 Å². The Morgan fingerprint density at radius 2 is 1.89 bits per heavy atom. The van der Waals surface area contributed by atoms with Gasteiger partial charge in [0.05, 0.1) is 18.7 Å². The molecule has 2 heterocycles. The third-order valence-corrected chi connectivity index (χ3v) is 6.54. The van der Waals surface area contributed by atoms with Crippen molar-refractivity contribution in [3.8, 4) is 5.75 Å². The molecule has 0 radical (unpaired) electrons. The van der Waals surface area contributed by atoms with Crippen LogP contribution in [0.15, 0.2) is 72.8 Å². The molecule has 1 saturated heterocycles. The summed E-state index contributed by atoms with van der Waals surface area (Å²) in [6.45, 7) is 0.808. The van der Waals surface area contributed by atoms with Gasteiger partial charge in [0, 0.05) is 18.8 Å². The van der Waals surface area contributed by atoms with Crippen LogP contribution in [0, 0.1) is 5.82 Å². The number of para-hydroxylation sites is 1. The molecule has 3 aromatic carbocycles. The molecule has 9 nitrogen and oxygen atoms in total. The molecule has 0 bridgehead atoms. The van der Waals surface area contributed by atoms with E-state index < -0.39 is 23.7 Å². The molecule has 2 atom stereocenters. The first-order valence-corrected chi connectivity index (χ1v) is 12.4.